The van der Waals surface area contributed by atoms with Crippen molar-refractivity contribution in [3.05, 3.63) is 33.8 Å². The normalized spacial score (nSPS) is 22.2. The van der Waals surface area contributed by atoms with E-state index >= 15 is 0 Å². The molecular weight excluding hydrogens is 361 g/mol. The highest BCUT2D eigenvalue weighted by atomic mass is 35.5. The molecule has 1 atom stereocenters. The summed E-state index contributed by atoms with van der Waals surface area (Å²) in [5.74, 6) is -0.0689. The number of rotatable bonds is 7. The maximum atomic E-state index is 12.3. The van der Waals surface area contributed by atoms with Gasteiger partial charge in [-0.05, 0) is 62.6 Å². The van der Waals surface area contributed by atoms with Gasteiger partial charge in [0.2, 0.25) is 5.91 Å². The third kappa shape index (κ3) is 5.33. The Morgan fingerprint density at radius 3 is 2.76 bits per heavy atom. The highest BCUT2D eigenvalue weighted by Gasteiger charge is 2.38. The highest BCUT2D eigenvalue weighted by Crippen LogP contribution is 2.37. The van der Waals surface area contributed by atoms with Crippen LogP contribution in [0, 0.1) is 0 Å². The lowest BCUT2D eigenvalue weighted by Gasteiger charge is -2.43. The van der Waals surface area contributed by atoms with Crippen LogP contribution in [0.5, 0.6) is 0 Å². The summed E-state index contributed by atoms with van der Waals surface area (Å²) < 4.78 is 11.2. The maximum Gasteiger partial charge on any atom is 0.246 e. The van der Waals surface area contributed by atoms with Crippen molar-refractivity contribution in [2.24, 2.45) is 0 Å². The molecule has 0 radical (unpaired) electrons. The molecule has 1 heterocycles. The Morgan fingerprint density at radius 1 is 1.28 bits per heavy atom. The van der Waals surface area contributed by atoms with E-state index in [-0.39, 0.29) is 24.2 Å². The second-order valence-electron chi connectivity index (χ2n) is 7.10. The van der Waals surface area contributed by atoms with Gasteiger partial charge in [-0.25, -0.2) is 0 Å². The van der Waals surface area contributed by atoms with Crippen LogP contribution in [-0.4, -0.2) is 37.4 Å². The molecule has 3 rings (SSSR count). The van der Waals surface area contributed by atoms with Crippen LogP contribution >= 0.6 is 23.2 Å². The molecule has 4 nitrogen and oxygen atoms in total. The predicted octanol–water partition coefficient (Wildman–Crippen LogP) is 4.16. The molecule has 138 valence electrons. The molecule has 1 aliphatic heterocycles. The fourth-order valence-electron chi connectivity index (χ4n) is 3.53. The standard InChI is InChI=1S/C19H25Cl2NO3/c20-15-6-5-14(17(21)10-15)11-19(7-3-8-19)22-18(23)13-24-12-16-4-1-2-9-25-16/h5-6,10,16H,1-4,7-9,11-13H2,(H,22,23). The lowest BCUT2D eigenvalue weighted by atomic mass is 9.72. The van der Waals surface area contributed by atoms with E-state index < -0.39 is 0 Å². The van der Waals surface area contributed by atoms with Gasteiger partial charge in [0.05, 0.1) is 12.7 Å². The number of benzene rings is 1. The van der Waals surface area contributed by atoms with Crippen LogP contribution in [0.25, 0.3) is 0 Å². The third-order valence-corrected chi connectivity index (χ3v) is 5.66. The second-order valence-corrected chi connectivity index (χ2v) is 7.94. The topological polar surface area (TPSA) is 47.6 Å². The van der Waals surface area contributed by atoms with Gasteiger partial charge in [0.15, 0.2) is 0 Å². The summed E-state index contributed by atoms with van der Waals surface area (Å²) in [7, 11) is 0. The molecule has 1 aliphatic carbocycles. The van der Waals surface area contributed by atoms with Crippen molar-refractivity contribution in [2.45, 2.75) is 56.6 Å². The van der Waals surface area contributed by atoms with E-state index in [0.717, 1.165) is 50.7 Å². The van der Waals surface area contributed by atoms with Gasteiger partial charge in [0, 0.05) is 22.2 Å². The fourth-order valence-corrected chi connectivity index (χ4v) is 4.01. The first kappa shape index (κ1) is 19.0. The molecular formula is C19H25Cl2NO3. The van der Waals surface area contributed by atoms with Gasteiger partial charge in [0.25, 0.3) is 0 Å². The van der Waals surface area contributed by atoms with Gasteiger partial charge in [0.1, 0.15) is 6.61 Å². The van der Waals surface area contributed by atoms with Crippen molar-refractivity contribution in [3.63, 3.8) is 0 Å². The largest absolute Gasteiger partial charge is 0.376 e. The van der Waals surface area contributed by atoms with Gasteiger partial charge in [-0.15, -0.1) is 0 Å². The zero-order valence-electron chi connectivity index (χ0n) is 14.4. The van der Waals surface area contributed by atoms with Gasteiger partial charge in [-0.2, -0.15) is 0 Å². The minimum atomic E-state index is -0.209. The summed E-state index contributed by atoms with van der Waals surface area (Å²) in [6.45, 7) is 1.37. The minimum Gasteiger partial charge on any atom is -0.376 e. The third-order valence-electron chi connectivity index (χ3n) is 5.07. The molecule has 0 spiro atoms. The van der Waals surface area contributed by atoms with Gasteiger partial charge in [-0.1, -0.05) is 29.3 Å². The smallest absolute Gasteiger partial charge is 0.246 e. The van der Waals surface area contributed by atoms with Crippen LogP contribution < -0.4 is 5.32 Å². The predicted molar refractivity (Wildman–Crippen MR) is 99.3 cm³/mol. The molecule has 1 aromatic carbocycles. The van der Waals surface area contributed by atoms with Crippen molar-refractivity contribution < 1.29 is 14.3 Å². The first-order chi connectivity index (χ1) is 12.1. The van der Waals surface area contributed by atoms with E-state index in [1.54, 1.807) is 6.07 Å². The van der Waals surface area contributed by atoms with Crippen molar-refractivity contribution in [1.82, 2.24) is 5.32 Å². The van der Waals surface area contributed by atoms with Crippen molar-refractivity contribution >= 4 is 29.1 Å². The van der Waals surface area contributed by atoms with E-state index in [1.165, 1.54) is 6.42 Å². The van der Waals surface area contributed by atoms with Crippen molar-refractivity contribution in [1.29, 1.82) is 0 Å². The molecule has 0 aromatic heterocycles. The number of hydrogen-bond donors (Lipinski definition) is 1. The Balaban J connectivity index is 1.48. The molecule has 1 saturated heterocycles. The molecule has 1 aromatic rings. The van der Waals surface area contributed by atoms with Gasteiger partial charge < -0.3 is 14.8 Å². The monoisotopic (exact) mass is 385 g/mol. The fraction of sp³-hybridized carbons (Fsp3) is 0.632. The summed E-state index contributed by atoms with van der Waals surface area (Å²) in [5, 5.41) is 4.44. The quantitative estimate of drug-likeness (QED) is 0.766. The molecule has 2 fully saturated rings. The van der Waals surface area contributed by atoms with Crippen LogP contribution in [0.2, 0.25) is 10.0 Å². The Kier molecular flexibility index (Phi) is 6.61. The zero-order chi connectivity index (χ0) is 17.7. The molecule has 0 bridgehead atoms. The molecule has 1 N–H and O–H groups in total. The lowest BCUT2D eigenvalue weighted by Crippen LogP contribution is -2.56. The Labute approximate surface area is 159 Å². The molecule has 1 saturated carbocycles. The van der Waals surface area contributed by atoms with Crippen LogP contribution in [0.15, 0.2) is 18.2 Å². The van der Waals surface area contributed by atoms with E-state index in [9.17, 15) is 4.79 Å². The highest BCUT2D eigenvalue weighted by molar-refractivity contribution is 6.35. The average Bonchev–Trinajstić information content (AvgIpc) is 2.56. The van der Waals surface area contributed by atoms with E-state index in [2.05, 4.69) is 5.32 Å². The minimum absolute atomic E-state index is 0.0689. The zero-order valence-corrected chi connectivity index (χ0v) is 15.9. The molecule has 2 aliphatic rings. The SMILES string of the molecule is O=C(COCC1CCCCO1)NC1(Cc2ccc(Cl)cc2Cl)CCC1. The van der Waals surface area contributed by atoms with Crippen LogP contribution in [0.4, 0.5) is 0 Å². The second kappa shape index (κ2) is 8.72. The molecule has 6 heteroatoms. The number of amides is 1. The Morgan fingerprint density at radius 2 is 2.12 bits per heavy atom. The summed E-state index contributed by atoms with van der Waals surface area (Å²) >= 11 is 12.2. The number of nitrogens with one attached hydrogen (secondary N) is 1. The van der Waals surface area contributed by atoms with E-state index in [1.807, 2.05) is 12.1 Å². The molecule has 25 heavy (non-hydrogen) atoms. The van der Waals surface area contributed by atoms with Crippen molar-refractivity contribution in [3.8, 4) is 0 Å². The number of carbonyl (C=O) groups excluding carboxylic acids is 1. The van der Waals surface area contributed by atoms with Crippen LogP contribution in [0.1, 0.15) is 44.1 Å². The van der Waals surface area contributed by atoms with Crippen molar-refractivity contribution in [2.75, 3.05) is 19.8 Å². The number of ether oxygens (including phenoxy) is 2. The number of hydrogen-bond acceptors (Lipinski definition) is 3. The maximum absolute atomic E-state index is 12.3. The number of halogens is 2. The van der Waals surface area contributed by atoms with Gasteiger partial charge >= 0.3 is 0 Å². The van der Waals surface area contributed by atoms with Gasteiger partial charge in [-0.3, -0.25) is 4.79 Å². The molecule has 1 unspecified atom stereocenters. The van der Waals surface area contributed by atoms with Crippen LogP contribution in [0.3, 0.4) is 0 Å². The first-order valence-electron chi connectivity index (χ1n) is 9.01. The van der Waals surface area contributed by atoms with Crippen LogP contribution in [-0.2, 0) is 20.7 Å². The number of carbonyl (C=O) groups is 1. The Hall–Kier alpha value is -0.810. The summed E-state index contributed by atoms with van der Waals surface area (Å²) in [4.78, 5) is 12.3. The summed E-state index contributed by atoms with van der Waals surface area (Å²) in [6.07, 6.45) is 7.20. The first-order valence-corrected chi connectivity index (χ1v) is 9.76. The Bertz CT molecular complexity index is 598. The summed E-state index contributed by atoms with van der Waals surface area (Å²) in [5.41, 5.74) is 0.807. The van der Waals surface area contributed by atoms with E-state index in [4.69, 9.17) is 32.7 Å². The average molecular weight is 386 g/mol. The van der Waals surface area contributed by atoms with E-state index in [0.29, 0.717) is 16.7 Å². The summed E-state index contributed by atoms with van der Waals surface area (Å²) in [6, 6.07) is 5.53. The molecule has 1 amide bonds. The lowest BCUT2D eigenvalue weighted by molar-refractivity contribution is -0.131.